The summed E-state index contributed by atoms with van der Waals surface area (Å²) >= 11 is 0. The van der Waals surface area contributed by atoms with Gasteiger partial charge in [-0.25, -0.2) is 4.39 Å². The van der Waals surface area contributed by atoms with Crippen LogP contribution >= 0.6 is 0 Å². The Morgan fingerprint density at radius 3 is 2.32 bits per heavy atom. The lowest BCUT2D eigenvalue weighted by atomic mass is 10.2. The summed E-state index contributed by atoms with van der Waals surface area (Å²) in [5.41, 5.74) is -0.176. The molecular formula is C16H11F4N5. The number of rotatable bonds is 4. The number of nitrogens with one attached hydrogen (secondary N) is 2. The number of nitrogens with zero attached hydrogens (tertiary/aromatic N) is 3. The first-order valence-electron chi connectivity index (χ1n) is 7.07. The van der Waals surface area contributed by atoms with Crippen LogP contribution in [0.15, 0.2) is 54.7 Å². The van der Waals surface area contributed by atoms with Crippen LogP contribution in [-0.2, 0) is 6.18 Å². The fraction of sp³-hybridized carbons (Fsp3) is 0.0625. The first kappa shape index (κ1) is 16.6. The molecule has 0 unspecified atom stereocenters. The minimum Gasteiger partial charge on any atom is -0.339 e. The van der Waals surface area contributed by atoms with Gasteiger partial charge in [0.05, 0.1) is 11.8 Å². The Balaban J connectivity index is 1.78. The van der Waals surface area contributed by atoms with E-state index < -0.39 is 17.6 Å². The maximum atomic E-state index is 13.2. The molecule has 0 aliphatic rings. The van der Waals surface area contributed by atoms with E-state index in [1.165, 1.54) is 36.5 Å². The summed E-state index contributed by atoms with van der Waals surface area (Å²) in [6, 6.07) is 10.3. The number of benzene rings is 2. The first-order valence-corrected chi connectivity index (χ1v) is 7.07. The van der Waals surface area contributed by atoms with Gasteiger partial charge in [0.15, 0.2) is 5.82 Å². The van der Waals surface area contributed by atoms with E-state index in [0.717, 1.165) is 12.1 Å². The monoisotopic (exact) mass is 349 g/mol. The Kier molecular flexibility index (Phi) is 4.46. The van der Waals surface area contributed by atoms with E-state index >= 15 is 0 Å². The van der Waals surface area contributed by atoms with Gasteiger partial charge in [-0.1, -0.05) is 12.1 Å². The lowest BCUT2D eigenvalue weighted by molar-refractivity contribution is -0.137. The normalized spacial score (nSPS) is 11.2. The quantitative estimate of drug-likeness (QED) is 0.678. The molecule has 25 heavy (non-hydrogen) atoms. The van der Waals surface area contributed by atoms with Crippen LogP contribution in [0, 0.1) is 5.82 Å². The van der Waals surface area contributed by atoms with Crippen LogP contribution in [0.25, 0.3) is 0 Å². The van der Waals surface area contributed by atoms with E-state index in [1.807, 2.05) is 0 Å². The van der Waals surface area contributed by atoms with Gasteiger partial charge >= 0.3 is 6.18 Å². The summed E-state index contributed by atoms with van der Waals surface area (Å²) in [6.07, 6.45) is -3.14. The summed E-state index contributed by atoms with van der Waals surface area (Å²) in [5.74, 6) is -0.162. The van der Waals surface area contributed by atoms with Gasteiger partial charge in [0.1, 0.15) is 5.82 Å². The second kappa shape index (κ2) is 6.71. The maximum Gasteiger partial charge on any atom is 0.416 e. The minimum absolute atomic E-state index is 0.000674. The third-order valence-corrected chi connectivity index (χ3v) is 3.10. The topological polar surface area (TPSA) is 62.7 Å². The van der Waals surface area contributed by atoms with E-state index in [2.05, 4.69) is 25.8 Å². The number of anilines is 4. The molecule has 3 rings (SSSR count). The number of aromatic nitrogens is 3. The van der Waals surface area contributed by atoms with Crippen LogP contribution in [0.5, 0.6) is 0 Å². The van der Waals surface area contributed by atoms with E-state index in [1.54, 1.807) is 6.07 Å². The third kappa shape index (κ3) is 4.40. The average Bonchev–Trinajstić information content (AvgIpc) is 2.55. The van der Waals surface area contributed by atoms with Gasteiger partial charge in [-0.2, -0.15) is 23.3 Å². The zero-order valence-corrected chi connectivity index (χ0v) is 12.5. The minimum atomic E-state index is -4.45. The highest BCUT2D eigenvalue weighted by molar-refractivity contribution is 5.59. The van der Waals surface area contributed by atoms with Crippen molar-refractivity contribution in [3.63, 3.8) is 0 Å². The van der Waals surface area contributed by atoms with Crippen molar-refractivity contribution in [2.75, 3.05) is 10.6 Å². The van der Waals surface area contributed by atoms with Crippen LogP contribution in [0.2, 0.25) is 0 Å². The van der Waals surface area contributed by atoms with Crippen molar-refractivity contribution < 1.29 is 17.6 Å². The fourth-order valence-corrected chi connectivity index (χ4v) is 2.03. The molecule has 2 aromatic carbocycles. The van der Waals surface area contributed by atoms with Gasteiger partial charge in [0.25, 0.3) is 0 Å². The molecule has 1 heterocycles. The third-order valence-electron chi connectivity index (χ3n) is 3.10. The molecule has 0 fully saturated rings. The molecular weight excluding hydrogens is 338 g/mol. The molecule has 0 radical (unpaired) electrons. The zero-order chi connectivity index (χ0) is 17.9. The standard InChI is InChI=1S/C16H11F4N5/c17-11-4-2-6-13(8-11)22-14-9-21-25-15(24-14)23-12-5-1-3-10(7-12)16(18,19)20/h1-9H,(H2,22,23,24,25). The van der Waals surface area contributed by atoms with Crippen molar-refractivity contribution in [3.8, 4) is 0 Å². The Bertz CT molecular complexity index is 882. The van der Waals surface area contributed by atoms with Crippen molar-refractivity contribution in [1.29, 1.82) is 0 Å². The molecule has 5 nitrogen and oxygen atoms in total. The Labute approximate surface area is 139 Å². The van der Waals surface area contributed by atoms with Crippen LogP contribution in [0.3, 0.4) is 0 Å². The summed E-state index contributed by atoms with van der Waals surface area (Å²) in [7, 11) is 0. The Morgan fingerprint density at radius 1 is 0.880 bits per heavy atom. The molecule has 0 bridgehead atoms. The molecule has 0 saturated carbocycles. The van der Waals surface area contributed by atoms with E-state index in [-0.39, 0.29) is 17.5 Å². The predicted octanol–water partition coefficient (Wildman–Crippen LogP) is 4.52. The van der Waals surface area contributed by atoms with Gasteiger partial charge in [-0.3, -0.25) is 0 Å². The lowest BCUT2D eigenvalue weighted by Crippen LogP contribution is -2.06. The highest BCUT2D eigenvalue weighted by atomic mass is 19.4. The van der Waals surface area contributed by atoms with Gasteiger partial charge in [0.2, 0.25) is 5.95 Å². The molecule has 0 saturated heterocycles. The highest BCUT2D eigenvalue weighted by Gasteiger charge is 2.30. The molecule has 2 N–H and O–H groups in total. The van der Waals surface area contributed by atoms with Crippen molar-refractivity contribution in [2.45, 2.75) is 6.18 Å². The second-order valence-corrected chi connectivity index (χ2v) is 5.00. The average molecular weight is 349 g/mol. The molecule has 0 aliphatic carbocycles. The molecule has 3 aromatic rings. The Morgan fingerprint density at radius 2 is 1.60 bits per heavy atom. The second-order valence-electron chi connectivity index (χ2n) is 5.00. The van der Waals surface area contributed by atoms with Crippen molar-refractivity contribution in [3.05, 3.63) is 66.1 Å². The SMILES string of the molecule is Fc1cccc(Nc2cnnc(Nc3cccc(C(F)(F)F)c3)n2)c1. The number of alkyl halides is 3. The first-order chi connectivity index (χ1) is 11.9. The van der Waals surface area contributed by atoms with Crippen molar-refractivity contribution in [1.82, 2.24) is 15.2 Å². The summed E-state index contributed by atoms with van der Waals surface area (Å²) in [6.45, 7) is 0. The highest BCUT2D eigenvalue weighted by Crippen LogP contribution is 2.31. The van der Waals surface area contributed by atoms with Gasteiger partial charge < -0.3 is 10.6 Å². The number of hydrogen-bond acceptors (Lipinski definition) is 5. The van der Waals surface area contributed by atoms with Gasteiger partial charge in [-0.05, 0) is 36.4 Å². The van der Waals surface area contributed by atoms with Crippen molar-refractivity contribution >= 4 is 23.1 Å². The lowest BCUT2D eigenvalue weighted by Gasteiger charge is -2.10. The van der Waals surface area contributed by atoms with Crippen LogP contribution in [-0.4, -0.2) is 15.2 Å². The molecule has 9 heteroatoms. The largest absolute Gasteiger partial charge is 0.416 e. The Hall–Kier alpha value is -3.23. The molecule has 0 aliphatic heterocycles. The van der Waals surface area contributed by atoms with Crippen LogP contribution in [0.1, 0.15) is 5.56 Å². The molecule has 0 atom stereocenters. The number of halogens is 4. The molecule has 0 spiro atoms. The molecule has 128 valence electrons. The van der Waals surface area contributed by atoms with Gasteiger partial charge in [0, 0.05) is 11.4 Å². The summed E-state index contributed by atoms with van der Waals surface area (Å²) in [5, 5.41) is 12.9. The van der Waals surface area contributed by atoms with Gasteiger partial charge in [-0.15, -0.1) is 5.10 Å². The molecule has 0 amide bonds. The van der Waals surface area contributed by atoms with Crippen LogP contribution < -0.4 is 10.6 Å². The predicted molar refractivity (Wildman–Crippen MR) is 84.2 cm³/mol. The van der Waals surface area contributed by atoms with Crippen LogP contribution in [0.4, 0.5) is 40.7 Å². The van der Waals surface area contributed by atoms with E-state index in [9.17, 15) is 17.6 Å². The smallest absolute Gasteiger partial charge is 0.339 e. The summed E-state index contributed by atoms with van der Waals surface area (Å²) in [4.78, 5) is 4.09. The maximum absolute atomic E-state index is 13.2. The molecule has 1 aromatic heterocycles. The summed E-state index contributed by atoms with van der Waals surface area (Å²) < 4.78 is 51.4. The fourth-order valence-electron chi connectivity index (χ4n) is 2.03. The van der Waals surface area contributed by atoms with Crippen molar-refractivity contribution in [2.24, 2.45) is 0 Å². The van der Waals surface area contributed by atoms with E-state index in [0.29, 0.717) is 5.69 Å². The number of hydrogen-bond donors (Lipinski definition) is 2. The zero-order valence-electron chi connectivity index (χ0n) is 12.5. The van der Waals surface area contributed by atoms with E-state index in [4.69, 9.17) is 0 Å².